The molecule has 0 fully saturated rings. The van der Waals surface area contributed by atoms with Gasteiger partial charge in [-0.05, 0) is 56.5 Å². The number of benzene rings is 5. The Morgan fingerprint density at radius 2 is 1.23 bits per heavy atom. The molecule has 15 heteroatoms. The number of aromatic nitrogens is 2. The third-order valence-electron chi connectivity index (χ3n) is 11.1. The molecule has 2 aliphatic carbocycles. The van der Waals surface area contributed by atoms with Crippen molar-refractivity contribution in [2.24, 2.45) is 0 Å². The van der Waals surface area contributed by atoms with Gasteiger partial charge in [0.15, 0.2) is 11.5 Å². The van der Waals surface area contributed by atoms with Crippen LogP contribution < -0.4 is 10.4 Å². The van der Waals surface area contributed by atoms with Crippen LogP contribution in [0.25, 0.3) is 44.8 Å². The van der Waals surface area contributed by atoms with Gasteiger partial charge in [0.1, 0.15) is 29.4 Å². The van der Waals surface area contributed by atoms with E-state index < -0.39 is 38.6 Å². The average molecular weight is 719 g/mol. The summed E-state index contributed by atoms with van der Waals surface area (Å²) in [7, 11) is 59.3. The molecule has 0 saturated heterocycles. The third-order valence-corrected chi connectivity index (χ3v) is 11.1. The van der Waals surface area contributed by atoms with E-state index in [9.17, 15) is 20.4 Å². The molecule has 8 rings (SSSR count). The Labute approximate surface area is 342 Å². The van der Waals surface area contributed by atoms with E-state index in [1.165, 1.54) is 0 Å². The minimum atomic E-state index is -2.13. The number of imidazole rings is 1. The average Bonchev–Trinajstić information content (AvgIpc) is 3.72. The van der Waals surface area contributed by atoms with Crippen molar-refractivity contribution in [3.63, 3.8) is 0 Å². The molecule has 0 spiro atoms. The highest BCUT2D eigenvalue weighted by molar-refractivity contribution is 6.66. The lowest BCUT2D eigenvalue weighted by molar-refractivity contribution is 0.341. The smallest absolute Gasteiger partial charge is 0.205 e. The highest BCUT2D eigenvalue weighted by atomic mass is 16.3. The Morgan fingerprint density at radius 1 is 0.649 bits per heavy atom. The third kappa shape index (κ3) is 5.48. The second-order valence-electron chi connectivity index (χ2n) is 14.7. The molecule has 0 aliphatic heterocycles. The molecule has 2 aliphatic rings. The molecular weight excluding hydrogens is 694 g/mol. The second-order valence-corrected chi connectivity index (χ2v) is 14.7. The van der Waals surface area contributed by atoms with Crippen molar-refractivity contribution in [3.8, 4) is 45.5 Å². The Hall–Kier alpha value is -5.43. The number of nitrogens with zero attached hydrogens (tertiary/aromatic N) is 2. The fraction of sp³-hybridized carbons (Fsp3) is 0.119. The monoisotopic (exact) mass is 720 g/mol. The van der Waals surface area contributed by atoms with Gasteiger partial charge in [0, 0.05) is 17.2 Å². The minimum absolute atomic E-state index is 0.0362. The number of aromatic hydroxyl groups is 4. The lowest BCUT2D eigenvalue weighted by Gasteiger charge is -2.56. The van der Waals surface area contributed by atoms with Crippen LogP contribution in [0.5, 0.6) is 23.0 Å². The number of hydrogen-bond donors (Lipinski definition) is 4. The highest BCUT2D eigenvalue weighted by Gasteiger charge is 2.55. The zero-order chi connectivity index (χ0) is 40.9. The molecule has 254 valence electrons. The van der Waals surface area contributed by atoms with E-state index in [4.69, 9.17) is 75.6 Å². The van der Waals surface area contributed by atoms with Crippen LogP contribution in [0.15, 0.2) is 119 Å². The van der Waals surface area contributed by atoms with E-state index in [0.717, 1.165) is 0 Å². The SMILES string of the molecule is [B]/C(C)=C([B])/C([B])=C1\CC(c2ccc3c(c2)C(C([B])([B])[B])(C([B])([B])[B])c2ccccc2-3)=c2c(O)c(O)c(O)c(O)c2=C1n1c(-c2ccccc2)nc2ccccc21. The Balaban J connectivity index is 1.61. The van der Waals surface area contributed by atoms with Crippen molar-refractivity contribution in [2.45, 2.75) is 29.0 Å². The van der Waals surface area contributed by atoms with Gasteiger partial charge in [-0.2, -0.15) is 0 Å². The molecule has 0 bridgehead atoms. The number of phenols is 4. The van der Waals surface area contributed by atoms with Gasteiger partial charge >= 0.3 is 0 Å². The normalized spacial score (nSPS) is 16.2. The van der Waals surface area contributed by atoms with Gasteiger partial charge in [0.05, 0.1) is 69.0 Å². The predicted molar refractivity (Wildman–Crippen MR) is 233 cm³/mol. The zero-order valence-electron chi connectivity index (χ0n) is 30.8. The topological polar surface area (TPSA) is 98.7 Å². The number of para-hydroxylation sites is 2. The first-order valence-electron chi connectivity index (χ1n) is 17.9. The first kappa shape index (κ1) is 38.4. The lowest BCUT2D eigenvalue weighted by Crippen LogP contribution is -2.52. The van der Waals surface area contributed by atoms with Gasteiger partial charge in [-0.25, -0.2) is 4.98 Å². The van der Waals surface area contributed by atoms with Crippen LogP contribution in [0.4, 0.5) is 0 Å². The Morgan fingerprint density at radius 3 is 1.88 bits per heavy atom. The number of allylic oxidation sites excluding steroid dienone is 4. The van der Waals surface area contributed by atoms with Crippen molar-refractivity contribution in [3.05, 3.63) is 146 Å². The van der Waals surface area contributed by atoms with Crippen LogP contribution in [0.3, 0.4) is 0 Å². The van der Waals surface area contributed by atoms with Crippen LogP contribution in [-0.4, -0.2) is 101 Å². The summed E-state index contributed by atoms with van der Waals surface area (Å²) in [6.45, 7) is 1.59. The molecule has 5 aromatic carbocycles. The molecule has 57 heavy (non-hydrogen) atoms. The summed E-state index contributed by atoms with van der Waals surface area (Å²) in [6.07, 6.45) is -0.100. The molecule has 6 aromatic rings. The molecular formula is C42H25B9N2O4. The maximum absolute atomic E-state index is 12.0. The summed E-state index contributed by atoms with van der Waals surface area (Å²) in [4.78, 5) is 4.97. The van der Waals surface area contributed by atoms with Crippen molar-refractivity contribution >= 4 is 92.9 Å². The van der Waals surface area contributed by atoms with Gasteiger partial charge in [-0.1, -0.05) is 97.3 Å². The first-order chi connectivity index (χ1) is 26.9. The second kappa shape index (κ2) is 13.3. The molecule has 0 unspecified atom stereocenters. The number of fused-ring (bicyclic) bond motifs is 5. The van der Waals surface area contributed by atoms with Crippen LogP contribution >= 0.6 is 0 Å². The quantitative estimate of drug-likeness (QED) is 0.121. The molecule has 1 heterocycles. The lowest BCUT2D eigenvalue weighted by atomic mass is 9.18. The summed E-state index contributed by atoms with van der Waals surface area (Å²) in [5, 5.41) is 41.9. The predicted octanol–water partition coefficient (Wildman–Crippen LogP) is 3.20. The maximum atomic E-state index is 12.0. The van der Waals surface area contributed by atoms with Crippen molar-refractivity contribution in [1.29, 1.82) is 0 Å². The van der Waals surface area contributed by atoms with E-state index in [-0.39, 0.29) is 39.0 Å². The minimum Gasteiger partial charge on any atom is -0.504 e. The molecule has 6 nitrogen and oxygen atoms in total. The fourth-order valence-corrected chi connectivity index (χ4v) is 8.62. The number of hydrogen-bond acceptors (Lipinski definition) is 5. The van der Waals surface area contributed by atoms with E-state index in [0.29, 0.717) is 61.4 Å². The van der Waals surface area contributed by atoms with Gasteiger partial charge in [0.2, 0.25) is 11.5 Å². The summed E-state index contributed by atoms with van der Waals surface area (Å²) in [5.41, 5.74) is 3.78. The molecule has 1 aromatic heterocycles. The molecule has 0 atom stereocenters. The van der Waals surface area contributed by atoms with Gasteiger partial charge in [0.25, 0.3) is 0 Å². The molecule has 0 amide bonds. The van der Waals surface area contributed by atoms with Crippen LogP contribution in [0.1, 0.15) is 30.0 Å². The summed E-state index contributed by atoms with van der Waals surface area (Å²) in [6, 6.07) is 29.0. The molecule has 18 radical (unpaired) electrons. The van der Waals surface area contributed by atoms with Gasteiger partial charge in [-0.15, -0.1) is 21.2 Å². The van der Waals surface area contributed by atoms with Gasteiger partial charge in [-0.3, -0.25) is 4.57 Å². The number of phenolic OH excluding ortho intramolecular Hbond substituents is 4. The largest absolute Gasteiger partial charge is 0.504 e. The summed E-state index contributed by atoms with van der Waals surface area (Å²) in [5.74, 6) is -3.01. The number of rotatable bonds is 6. The summed E-state index contributed by atoms with van der Waals surface area (Å²) < 4.78 is 1.76. The van der Waals surface area contributed by atoms with E-state index in [1.54, 1.807) is 41.8 Å². The summed E-state index contributed by atoms with van der Waals surface area (Å²) >= 11 is 0. The Kier molecular flexibility index (Phi) is 8.99. The molecule has 0 saturated carbocycles. The fourth-order valence-electron chi connectivity index (χ4n) is 8.62. The van der Waals surface area contributed by atoms with E-state index in [2.05, 4.69) is 0 Å². The zero-order valence-corrected chi connectivity index (χ0v) is 30.8. The van der Waals surface area contributed by atoms with E-state index in [1.807, 2.05) is 66.7 Å². The first-order valence-corrected chi connectivity index (χ1v) is 17.9. The van der Waals surface area contributed by atoms with Crippen molar-refractivity contribution in [1.82, 2.24) is 9.55 Å². The molecule has 4 N–H and O–H groups in total. The van der Waals surface area contributed by atoms with Gasteiger partial charge < -0.3 is 20.4 Å². The highest BCUT2D eigenvalue weighted by Crippen LogP contribution is 2.65. The van der Waals surface area contributed by atoms with Crippen LogP contribution in [0, 0.1) is 0 Å². The van der Waals surface area contributed by atoms with Crippen molar-refractivity contribution < 1.29 is 20.4 Å². The van der Waals surface area contributed by atoms with Crippen LogP contribution in [-0.2, 0) is 5.41 Å². The van der Waals surface area contributed by atoms with Crippen molar-refractivity contribution in [2.75, 3.05) is 0 Å². The van der Waals surface area contributed by atoms with Crippen LogP contribution in [0.2, 0.25) is 10.2 Å². The standard InChI is InChI=1S/C42H25B9N2O4/c1-19(43)32(44)33(45)25-18-24(21-15-16-23-22-11-5-6-12-26(22)40(27(23)17-21,41(46,47)48)42(49,50)51)30-31(36(55)38(57)37(56)35(30)54)34(25)53-29-14-8-7-13-28(29)52-39(53)20-9-3-2-4-10-20/h2-17,54-57H,18H2,1H3/b32-19-,33-25-. The Bertz CT molecular complexity index is 2870. The van der Waals surface area contributed by atoms with E-state index >= 15 is 0 Å². The maximum Gasteiger partial charge on any atom is 0.205 e.